The van der Waals surface area contributed by atoms with Crippen LogP contribution in [0.2, 0.25) is 5.02 Å². The van der Waals surface area contributed by atoms with Gasteiger partial charge in [0.2, 0.25) is 0 Å². The molecular formula is C21H16ClNO. The number of rotatable bonds is 5. The van der Waals surface area contributed by atoms with Crippen molar-refractivity contribution in [2.45, 2.75) is 0 Å². The smallest absolute Gasteiger partial charge is 0.187 e. The van der Waals surface area contributed by atoms with Crippen molar-refractivity contribution in [3.8, 4) is 0 Å². The molecule has 0 radical (unpaired) electrons. The van der Waals surface area contributed by atoms with Gasteiger partial charge >= 0.3 is 0 Å². The Hall–Kier alpha value is -2.84. The number of allylic oxidation sites excluding steroid dienone is 1. The first-order chi connectivity index (χ1) is 11.7. The summed E-state index contributed by atoms with van der Waals surface area (Å²) in [6.45, 7) is 0. The number of anilines is 1. The highest BCUT2D eigenvalue weighted by molar-refractivity contribution is 6.33. The molecule has 118 valence electrons. The molecule has 3 aromatic carbocycles. The van der Waals surface area contributed by atoms with Crippen molar-refractivity contribution in [1.82, 2.24) is 0 Å². The first kappa shape index (κ1) is 16.0. The highest BCUT2D eigenvalue weighted by atomic mass is 35.5. The van der Waals surface area contributed by atoms with Crippen LogP contribution in [0.4, 0.5) is 5.69 Å². The SMILES string of the molecule is O=C(/C=C(/Nc1ccccc1Cl)c1ccccc1)c1ccccc1. The minimum atomic E-state index is -0.0611. The van der Waals surface area contributed by atoms with E-state index in [9.17, 15) is 4.79 Å². The Balaban J connectivity index is 1.98. The Bertz CT molecular complexity index is 857. The number of para-hydroxylation sites is 1. The van der Waals surface area contributed by atoms with Crippen molar-refractivity contribution in [1.29, 1.82) is 0 Å². The van der Waals surface area contributed by atoms with E-state index in [-0.39, 0.29) is 5.78 Å². The van der Waals surface area contributed by atoms with Crippen LogP contribution in [0.1, 0.15) is 15.9 Å². The van der Waals surface area contributed by atoms with Gasteiger partial charge in [-0.1, -0.05) is 84.4 Å². The topological polar surface area (TPSA) is 29.1 Å². The Labute approximate surface area is 146 Å². The third-order valence-corrected chi connectivity index (χ3v) is 3.89. The molecule has 24 heavy (non-hydrogen) atoms. The summed E-state index contributed by atoms with van der Waals surface area (Å²) in [7, 11) is 0. The Morgan fingerprint density at radius 3 is 1.92 bits per heavy atom. The Morgan fingerprint density at radius 1 is 0.750 bits per heavy atom. The van der Waals surface area contributed by atoms with Crippen LogP contribution in [0.5, 0.6) is 0 Å². The molecule has 0 aliphatic heterocycles. The minimum absolute atomic E-state index is 0.0611. The summed E-state index contributed by atoms with van der Waals surface area (Å²) in [4.78, 5) is 12.6. The van der Waals surface area contributed by atoms with Gasteiger partial charge in [-0.25, -0.2) is 0 Å². The molecule has 0 bridgehead atoms. The Morgan fingerprint density at radius 2 is 1.29 bits per heavy atom. The molecular weight excluding hydrogens is 318 g/mol. The van der Waals surface area contributed by atoms with Gasteiger partial charge in [0.05, 0.1) is 10.7 Å². The first-order valence-electron chi connectivity index (χ1n) is 7.62. The largest absolute Gasteiger partial charge is 0.354 e. The first-order valence-corrected chi connectivity index (χ1v) is 8.00. The maximum absolute atomic E-state index is 12.6. The lowest BCUT2D eigenvalue weighted by molar-refractivity contribution is 0.104. The molecule has 3 heteroatoms. The van der Waals surface area contributed by atoms with Crippen molar-refractivity contribution >= 4 is 28.8 Å². The second-order valence-electron chi connectivity index (χ2n) is 5.26. The number of carbonyl (C=O) groups excluding carboxylic acids is 1. The van der Waals surface area contributed by atoms with Gasteiger partial charge in [-0.05, 0) is 17.7 Å². The van der Waals surface area contributed by atoms with Crippen LogP contribution in [0.15, 0.2) is 91.0 Å². The van der Waals surface area contributed by atoms with Gasteiger partial charge in [-0.15, -0.1) is 0 Å². The van der Waals surface area contributed by atoms with E-state index in [1.54, 1.807) is 18.2 Å². The molecule has 1 N–H and O–H groups in total. The average molecular weight is 334 g/mol. The number of benzene rings is 3. The van der Waals surface area contributed by atoms with E-state index in [1.807, 2.05) is 72.8 Å². The van der Waals surface area contributed by atoms with Gasteiger partial charge in [0, 0.05) is 17.3 Å². The van der Waals surface area contributed by atoms with E-state index in [4.69, 9.17) is 11.6 Å². The van der Waals surface area contributed by atoms with Gasteiger partial charge in [0.15, 0.2) is 5.78 Å². The van der Waals surface area contributed by atoms with Gasteiger partial charge in [0.25, 0.3) is 0 Å². The van der Waals surface area contributed by atoms with E-state index in [0.29, 0.717) is 16.3 Å². The van der Waals surface area contributed by atoms with Crippen molar-refractivity contribution < 1.29 is 4.79 Å². The third-order valence-electron chi connectivity index (χ3n) is 3.56. The maximum atomic E-state index is 12.6. The van der Waals surface area contributed by atoms with Crippen LogP contribution >= 0.6 is 11.6 Å². The fourth-order valence-electron chi connectivity index (χ4n) is 2.33. The summed E-state index contributed by atoms with van der Waals surface area (Å²) in [5.74, 6) is -0.0611. The zero-order valence-electron chi connectivity index (χ0n) is 12.9. The molecule has 0 unspecified atom stereocenters. The van der Waals surface area contributed by atoms with Crippen molar-refractivity contribution in [2.24, 2.45) is 0 Å². The van der Waals surface area contributed by atoms with E-state index in [1.165, 1.54) is 0 Å². The molecule has 0 heterocycles. The van der Waals surface area contributed by atoms with Gasteiger partial charge in [-0.3, -0.25) is 4.79 Å². The molecule has 0 amide bonds. The molecule has 0 saturated heterocycles. The predicted molar refractivity (Wildman–Crippen MR) is 100 cm³/mol. The highest BCUT2D eigenvalue weighted by Gasteiger charge is 2.09. The molecule has 0 atom stereocenters. The summed E-state index contributed by atoms with van der Waals surface area (Å²) in [5, 5.41) is 3.88. The van der Waals surface area contributed by atoms with E-state index in [0.717, 1.165) is 11.3 Å². The monoisotopic (exact) mass is 333 g/mol. The summed E-state index contributed by atoms with van der Waals surface area (Å²) in [6.07, 6.45) is 1.61. The Kier molecular flexibility index (Phi) is 5.09. The normalized spacial score (nSPS) is 11.1. The van der Waals surface area contributed by atoms with Gasteiger partial charge in [0.1, 0.15) is 0 Å². The second kappa shape index (κ2) is 7.62. The molecule has 0 aliphatic rings. The molecule has 3 rings (SSSR count). The van der Waals surface area contributed by atoms with Crippen LogP contribution in [-0.2, 0) is 0 Å². The van der Waals surface area contributed by atoms with Crippen LogP contribution in [0.25, 0.3) is 5.70 Å². The molecule has 0 spiro atoms. The van der Waals surface area contributed by atoms with Gasteiger partial charge in [-0.2, -0.15) is 0 Å². The molecule has 0 fully saturated rings. The number of carbonyl (C=O) groups is 1. The minimum Gasteiger partial charge on any atom is -0.354 e. The lowest BCUT2D eigenvalue weighted by atomic mass is 10.1. The average Bonchev–Trinajstić information content (AvgIpc) is 2.64. The maximum Gasteiger partial charge on any atom is 0.187 e. The number of nitrogens with one attached hydrogen (secondary N) is 1. The summed E-state index contributed by atoms with van der Waals surface area (Å²) in [5.41, 5.74) is 3.03. The fourth-order valence-corrected chi connectivity index (χ4v) is 2.52. The lowest BCUT2D eigenvalue weighted by Crippen LogP contribution is -2.04. The van der Waals surface area contributed by atoms with E-state index in [2.05, 4.69) is 5.32 Å². The molecule has 3 aromatic rings. The lowest BCUT2D eigenvalue weighted by Gasteiger charge is -2.13. The zero-order chi connectivity index (χ0) is 16.8. The van der Waals surface area contributed by atoms with Crippen LogP contribution < -0.4 is 5.32 Å². The third kappa shape index (κ3) is 3.92. The van der Waals surface area contributed by atoms with E-state index >= 15 is 0 Å². The van der Waals surface area contributed by atoms with Crippen LogP contribution in [0, 0.1) is 0 Å². The molecule has 0 saturated carbocycles. The van der Waals surface area contributed by atoms with Crippen molar-refractivity contribution in [3.05, 3.63) is 107 Å². The summed E-state index contributed by atoms with van der Waals surface area (Å²) < 4.78 is 0. The van der Waals surface area contributed by atoms with Crippen LogP contribution in [0.3, 0.4) is 0 Å². The molecule has 0 aromatic heterocycles. The zero-order valence-corrected chi connectivity index (χ0v) is 13.7. The quantitative estimate of drug-likeness (QED) is 0.481. The van der Waals surface area contributed by atoms with Crippen LogP contribution in [-0.4, -0.2) is 5.78 Å². The number of ketones is 1. The van der Waals surface area contributed by atoms with Crippen molar-refractivity contribution in [2.75, 3.05) is 5.32 Å². The van der Waals surface area contributed by atoms with Crippen molar-refractivity contribution in [3.63, 3.8) is 0 Å². The van der Waals surface area contributed by atoms with E-state index < -0.39 is 0 Å². The van der Waals surface area contributed by atoms with Gasteiger partial charge < -0.3 is 5.32 Å². The summed E-state index contributed by atoms with van der Waals surface area (Å²) in [6, 6.07) is 26.4. The number of hydrogen-bond acceptors (Lipinski definition) is 2. The standard InChI is InChI=1S/C21H16ClNO/c22-18-13-7-8-14-19(18)23-20(16-9-3-1-4-10-16)15-21(24)17-11-5-2-6-12-17/h1-15,23H/b20-15+. The molecule has 2 nitrogen and oxygen atoms in total. The summed E-state index contributed by atoms with van der Waals surface area (Å²) >= 11 is 6.23. The number of halogens is 1. The highest BCUT2D eigenvalue weighted by Crippen LogP contribution is 2.25. The predicted octanol–water partition coefficient (Wildman–Crippen LogP) is 5.68. The number of hydrogen-bond donors (Lipinski definition) is 1. The second-order valence-corrected chi connectivity index (χ2v) is 5.67. The fraction of sp³-hybridized carbons (Fsp3) is 0. The molecule has 0 aliphatic carbocycles.